The number of carbonyl (C=O) groups excluding carboxylic acids is 1. The highest BCUT2D eigenvalue weighted by molar-refractivity contribution is 7.86. The van der Waals surface area contributed by atoms with E-state index >= 15 is 0 Å². The predicted molar refractivity (Wildman–Crippen MR) is 79.8 cm³/mol. The minimum absolute atomic E-state index is 0.0313. The fourth-order valence-electron chi connectivity index (χ4n) is 2.19. The fourth-order valence-corrected chi connectivity index (χ4v) is 3.48. The van der Waals surface area contributed by atoms with Crippen molar-refractivity contribution in [3.8, 4) is 0 Å². The van der Waals surface area contributed by atoms with Gasteiger partial charge in [-0.05, 0) is 24.5 Å². The highest BCUT2D eigenvalue weighted by Gasteiger charge is 2.22. The molecular formula is C14H20N2O3S. The topological polar surface area (TPSA) is 81.4 Å². The van der Waals surface area contributed by atoms with Gasteiger partial charge < -0.3 is 15.8 Å². The Morgan fingerprint density at radius 1 is 1.35 bits per heavy atom. The number of carbonyl (C=O) groups is 1. The molecule has 1 saturated heterocycles. The van der Waals surface area contributed by atoms with Gasteiger partial charge in [0.15, 0.2) is 0 Å². The lowest BCUT2D eigenvalue weighted by Gasteiger charge is -2.21. The second kappa shape index (κ2) is 7.52. The van der Waals surface area contributed by atoms with Gasteiger partial charge in [-0.25, -0.2) is 0 Å². The lowest BCUT2D eigenvalue weighted by molar-refractivity contribution is -0.113. The first-order valence-corrected chi connectivity index (χ1v) is 8.11. The molecule has 1 heterocycles. The zero-order valence-corrected chi connectivity index (χ0v) is 12.2. The van der Waals surface area contributed by atoms with Crippen LogP contribution in [-0.4, -0.2) is 34.3 Å². The summed E-state index contributed by atoms with van der Waals surface area (Å²) in [6.07, 6.45) is 1.53. The Hall–Kier alpha value is -1.24. The van der Waals surface area contributed by atoms with Crippen molar-refractivity contribution in [1.82, 2.24) is 0 Å². The Balaban J connectivity index is 1.90. The third kappa shape index (κ3) is 4.13. The number of rotatable bonds is 5. The Kier molecular flexibility index (Phi) is 5.70. The fraction of sp³-hybridized carbons (Fsp3) is 0.500. The van der Waals surface area contributed by atoms with E-state index in [2.05, 4.69) is 5.32 Å². The summed E-state index contributed by atoms with van der Waals surface area (Å²) in [7, 11) is -1.14. The summed E-state index contributed by atoms with van der Waals surface area (Å²) in [4.78, 5) is 12.0. The SMILES string of the molecule is NCc1ccccc1NC(=O)CS(=O)C1CCOCC1. The summed E-state index contributed by atoms with van der Waals surface area (Å²) in [6, 6.07) is 7.38. The van der Waals surface area contributed by atoms with Crippen LogP contribution in [0.25, 0.3) is 0 Å². The van der Waals surface area contributed by atoms with Gasteiger partial charge in [-0.15, -0.1) is 0 Å². The van der Waals surface area contributed by atoms with E-state index in [0.717, 1.165) is 18.4 Å². The number of nitrogens with two attached hydrogens (primary N) is 1. The molecule has 5 nitrogen and oxygen atoms in total. The summed E-state index contributed by atoms with van der Waals surface area (Å²) >= 11 is 0. The molecule has 110 valence electrons. The van der Waals surface area contributed by atoms with Crippen LogP contribution in [-0.2, 0) is 26.9 Å². The molecule has 0 aromatic heterocycles. The normalized spacial score (nSPS) is 17.6. The van der Waals surface area contributed by atoms with Crippen LogP contribution in [0.3, 0.4) is 0 Å². The summed E-state index contributed by atoms with van der Waals surface area (Å²) < 4.78 is 17.4. The highest BCUT2D eigenvalue weighted by atomic mass is 32.2. The molecular weight excluding hydrogens is 276 g/mol. The lowest BCUT2D eigenvalue weighted by atomic mass is 10.2. The molecule has 0 bridgehead atoms. The number of hydrogen-bond acceptors (Lipinski definition) is 4. The van der Waals surface area contributed by atoms with Crippen molar-refractivity contribution in [3.63, 3.8) is 0 Å². The van der Waals surface area contributed by atoms with Crippen LogP contribution in [0.1, 0.15) is 18.4 Å². The van der Waals surface area contributed by atoms with Gasteiger partial charge in [-0.1, -0.05) is 18.2 Å². The van der Waals surface area contributed by atoms with Gasteiger partial charge in [0.1, 0.15) is 5.75 Å². The average molecular weight is 296 g/mol. The molecule has 1 fully saturated rings. The molecule has 1 unspecified atom stereocenters. The first-order valence-electron chi connectivity index (χ1n) is 6.73. The second-order valence-corrected chi connectivity index (χ2v) is 6.46. The molecule has 0 saturated carbocycles. The molecule has 1 amide bonds. The lowest BCUT2D eigenvalue weighted by Crippen LogP contribution is -2.30. The maximum absolute atomic E-state index is 12.1. The van der Waals surface area contributed by atoms with Crippen LogP contribution in [0.15, 0.2) is 24.3 Å². The van der Waals surface area contributed by atoms with E-state index in [1.807, 2.05) is 18.2 Å². The molecule has 6 heteroatoms. The molecule has 1 aliphatic rings. The van der Waals surface area contributed by atoms with E-state index in [-0.39, 0.29) is 16.9 Å². The van der Waals surface area contributed by atoms with Crippen molar-refractivity contribution in [3.05, 3.63) is 29.8 Å². The minimum atomic E-state index is -1.14. The van der Waals surface area contributed by atoms with Crippen LogP contribution >= 0.6 is 0 Å². The van der Waals surface area contributed by atoms with Gasteiger partial charge in [0.2, 0.25) is 5.91 Å². The quantitative estimate of drug-likeness (QED) is 0.849. The maximum atomic E-state index is 12.1. The van der Waals surface area contributed by atoms with E-state index in [4.69, 9.17) is 10.5 Å². The minimum Gasteiger partial charge on any atom is -0.381 e. The van der Waals surface area contributed by atoms with Gasteiger partial charge in [0.25, 0.3) is 0 Å². The van der Waals surface area contributed by atoms with Crippen LogP contribution in [0, 0.1) is 0 Å². The largest absolute Gasteiger partial charge is 0.381 e. The summed E-state index contributed by atoms with van der Waals surface area (Å²) in [5.41, 5.74) is 7.19. The second-order valence-electron chi connectivity index (χ2n) is 4.75. The molecule has 0 radical (unpaired) electrons. The molecule has 3 N–H and O–H groups in total. The number of amides is 1. The smallest absolute Gasteiger partial charge is 0.237 e. The molecule has 1 aromatic rings. The number of hydrogen-bond donors (Lipinski definition) is 2. The van der Waals surface area contributed by atoms with Gasteiger partial charge in [-0.3, -0.25) is 9.00 Å². The Morgan fingerprint density at radius 2 is 2.05 bits per heavy atom. The molecule has 1 aromatic carbocycles. The number of para-hydroxylation sites is 1. The number of ether oxygens (including phenoxy) is 1. The van der Waals surface area contributed by atoms with E-state index in [1.54, 1.807) is 6.07 Å². The molecule has 1 atom stereocenters. The standard InChI is InChI=1S/C14H20N2O3S/c15-9-11-3-1-2-4-13(11)16-14(17)10-20(18)12-5-7-19-8-6-12/h1-4,12H,5-10,15H2,(H,16,17). The van der Waals surface area contributed by atoms with E-state index in [1.165, 1.54) is 0 Å². The Labute approximate surface area is 121 Å². The first-order chi connectivity index (χ1) is 9.70. The number of anilines is 1. The molecule has 0 spiro atoms. The first kappa shape index (κ1) is 15.2. The summed E-state index contributed by atoms with van der Waals surface area (Å²) in [5, 5.41) is 2.86. The van der Waals surface area contributed by atoms with Crippen LogP contribution in [0.2, 0.25) is 0 Å². The van der Waals surface area contributed by atoms with E-state index < -0.39 is 10.8 Å². The van der Waals surface area contributed by atoms with Crippen molar-refractivity contribution >= 4 is 22.4 Å². The number of benzene rings is 1. The highest BCUT2D eigenvalue weighted by Crippen LogP contribution is 2.16. The van der Waals surface area contributed by atoms with Crippen LogP contribution in [0.4, 0.5) is 5.69 Å². The molecule has 1 aliphatic heterocycles. The van der Waals surface area contributed by atoms with Gasteiger partial charge in [0, 0.05) is 41.5 Å². The van der Waals surface area contributed by atoms with Crippen molar-refractivity contribution in [2.24, 2.45) is 5.73 Å². The van der Waals surface area contributed by atoms with Crippen molar-refractivity contribution in [2.75, 3.05) is 24.3 Å². The number of nitrogens with one attached hydrogen (secondary N) is 1. The summed E-state index contributed by atoms with van der Waals surface area (Å²) in [5.74, 6) is -0.195. The predicted octanol–water partition coefficient (Wildman–Crippen LogP) is 1.01. The zero-order chi connectivity index (χ0) is 14.4. The zero-order valence-electron chi connectivity index (χ0n) is 11.3. The van der Waals surface area contributed by atoms with Gasteiger partial charge in [0.05, 0.1) is 0 Å². The maximum Gasteiger partial charge on any atom is 0.237 e. The van der Waals surface area contributed by atoms with Crippen LogP contribution < -0.4 is 11.1 Å². The Morgan fingerprint density at radius 3 is 2.75 bits per heavy atom. The third-order valence-corrected chi connectivity index (χ3v) is 5.09. The molecule has 0 aliphatic carbocycles. The van der Waals surface area contributed by atoms with E-state index in [0.29, 0.717) is 25.4 Å². The summed E-state index contributed by atoms with van der Waals surface area (Å²) in [6.45, 7) is 1.63. The Bertz CT molecular complexity index is 487. The average Bonchev–Trinajstić information content (AvgIpc) is 2.48. The molecule has 20 heavy (non-hydrogen) atoms. The van der Waals surface area contributed by atoms with Gasteiger partial charge >= 0.3 is 0 Å². The van der Waals surface area contributed by atoms with Crippen molar-refractivity contribution in [2.45, 2.75) is 24.6 Å². The van der Waals surface area contributed by atoms with Gasteiger partial charge in [-0.2, -0.15) is 0 Å². The third-order valence-electron chi connectivity index (χ3n) is 3.32. The van der Waals surface area contributed by atoms with Crippen LogP contribution in [0.5, 0.6) is 0 Å². The van der Waals surface area contributed by atoms with Crippen molar-refractivity contribution in [1.29, 1.82) is 0 Å². The van der Waals surface area contributed by atoms with Crippen molar-refractivity contribution < 1.29 is 13.7 Å². The van der Waals surface area contributed by atoms with E-state index in [9.17, 15) is 9.00 Å². The monoisotopic (exact) mass is 296 g/mol. The molecule has 2 rings (SSSR count).